The van der Waals surface area contributed by atoms with Gasteiger partial charge in [-0.3, -0.25) is 0 Å². The second-order valence-corrected chi connectivity index (χ2v) is 7.96. The summed E-state index contributed by atoms with van der Waals surface area (Å²) in [6.07, 6.45) is 3.83. The van der Waals surface area contributed by atoms with Crippen LogP contribution in [0.4, 0.5) is 0 Å². The molecule has 1 fully saturated rings. The molecular formula is C14H30N2O2S. The van der Waals surface area contributed by atoms with Gasteiger partial charge in [0.25, 0.3) is 0 Å². The van der Waals surface area contributed by atoms with Crippen LogP contribution in [0.15, 0.2) is 0 Å². The smallest absolute Gasteiger partial charge is 0.214 e. The van der Waals surface area contributed by atoms with Crippen molar-refractivity contribution in [3.8, 4) is 0 Å². The first kappa shape index (κ1) is 16.9. The number of nitrogens with one attached hydrogen (secondary N) is 1. The van der Waals surface area contributed by atoms with E-state index in [1.54, 1.807) is 4.31 Å². The minimum Gasteiger partial charge on any atom is -0.317 e. The second kappa shape index (κ2) is 8.22. The van der Waals surface area contributed by atoms with E-state index in [-0.39, 0.29) is 0 Å². The monoisotopic (exact) mass is 290 g/mol. The van der Waals surface area contributed by atoms with Crippen LogP contribution in [0.5, 0.6) is 0 Å². The molecule has 5 heteroatoms. The summed E-state index contributed by atoms with van der Waals surface area (Å²) in [6, 6.07) is 0. The lowest BCUT2D eigenvalue weighted by molar-refractivity contribution is 0.212. The van der Waals surface area contributed by atoms with E-state index in [9.17, 15) is 8.42 Å². The highest BCUT2D eigenvalue weighted by molar-refractivity contribution is 7.89. The summed E-state index contributed by atoms with van der Waals surface area (Å²) in [5, 5.41) is 3.31. The maximum Gasteiger partial charge on any atom is 0.214 e. The Labute approximate surface area is 119 Å². The van der Waals surface area contributed by atoms with Crippen LogP contribution >= 0.6 is 0 Å². The van der Waals surface area contributed by atoms with Crippen molar-refractivity contribution in [3.05, 3.63) is 0 Å². The number of hydrogen-bond acceptors (Lipinski definition) is 3. The zero-order chi connectivity index (χ0) is 14.3. The van der Waals surface area contributed by atoms with E-state index in [1.807, 2.05) is 0 Å². The van der Waals surface area contributed by atoms with E-state index in [2.05, 4.69) is 26.1 Å². The topological polar surface area (TPSA) is 49.4 Å². The van der Waals surface area contributed by atoms with Crippen LogP contribution in [0, 0.1) is 11.8 Å². The van der Waals surface area contributed by atoms with Crippen molar-refractivity contribution >= 4 is 10.0 Å². The van der Waals surface area contributed by atoms with Crippen LogP contribution in [-0.2, 0) is 10.0 Å². The van der Waals surface area contributed by atoms with E-state index in [1.165, 1.54) is 0 Å². The fourth-order valence-corrected chi connectivity index (χ4v) is 4.12. The summed E-state index contributed by atoms with van der Waals surface area (Å²) in [5.41, 5.74) is 0. The predicted octanol–water partition coefficient (Wildman–Crippen LogP) is 2.07. The molecule has 4 nitrogen and oxygen atoms in total. The van der Waals surface area contributed by atoms with Gasteiger partial charge in [0.05, 0.1) is 5.75 Å². The lowest BCUT2D eigenvalue weighted by Crippen LogP contribution is -2.43. The van der Waals surface area contributed by atoms with Gasteiger partial charge in [0.15, 0.2) is 0 Å². The van der Waals surface area contributed by atoms with Crippen molar-refractivity contribution in [1.29, 1.82) is 0 Å². The standard InChI is InChI=1S/C14H30N2O2S/c1-4-8-15-9-5-6-11-19(17,18)16-10-7-13(2)14(3)12-16/h13-15H,4-12H2,1-3H3. The SMILES string of the molecule is CCCNCCCCS(=O)(=O)N1CCC(C)C(C)C1. The fraction of sp³-hybridized carbons (Fsp3) is 1.00. The molecule has 0 radical (unpaired) electrons. The fourth-order valence-electron chi connectivity index (χ4n) is 2.44. The highest BCUT2D eigenvalue weighted by Gasteiger charge is 2.29. The van der Waals surface area contributed by atoms with E-state index in [0.29, 0.717) is 30.7 Å². The second-order valence-electron chi connectivity index (χ2n) is 5.87. The van der Waals surface area contributed by atoms with Gasteiger partial charge < -0.3 is 5.32 Å². The van der Waals surface area contributed by atoms with Gasteiger partial charge in [0, 0.05) is 13.1 Å². The third-order valence-corrected chi connectivity index (χ3v) is 6.05. The normalized spacial score (nSPS) is 25.6. The van der Waals surface area contributed by atoms with E-state index >= 15 is 0 Å². The highest BCUT2D eigenvalue weighted by Crippen LogP contribution is 2.24. The molecule has 1 rings (SSSR count). The van der Waals surface area contributed by atoms with Crippen molar-refractivity contribution in [2.45, 2.75) is 46.5 Å². The maximum atomic E-state index is 12.2. The van der Waals surface area contributed by atoms with Crippen molar-refractivity contribution in [2.75, 3.05) is 31.9 Å². The molecule has 114 valence electrons. The summed E-state index contributed by atoms with van der Waals surface area (Å²) >= 11 is 0. The first-order valence-corrected chi connectivity index (χ1v) is 9.26. The molecule has 0 spiro atoms. The average Bonchev–Trinajstić information content (AvgIpc) is 2.36. The first-order valence-electron chi connectivity index (χ1n) is 7.66. The van der Waals surface area contributed by atoms with Gasteiger partial charge in [-0.2, -0.15) is 0 Å². The molecular weight excluding hydrogens is 260 g/mol. The van der Waals surface area contributed by atoms with Crippen molar-refractivity contribution in [2.24, 2.45) is 11.8 Å². The van der Waals surface area contributed by atoms with Gasteiger partial charge in [0.2, 0.25) is 10.0 Å². The van der Waals surface area contributed by atoms with E-state index in [0.717, 1.165) is 38.8 Å². The molecule has 1 N–H and O–H groups in total. The molecule has 1 aliphatic heterocycles. The van der Waals surface area contributed by atoms with Crippen molar-refractivity contribution in [1.82, 2.24) is 9.62 Å². The molecule has 2 unspecified atom stereocenters. The number of rotatable bonds is 8. The number of unbranched alkanes of at least 4 members (excludes halogenated alkanes) is 1. The Balaban J connectivity index is 2.27. The highest BCUT2D eigenvalue weighted by atomic mass is 32.2. The van der Waals surface area contributed by atoms with Crippen LogP contribution in [-0.4, -0.2) is 44.7 Å². The first-order chi connectivity index (χ1) is 8.97. The van der Waals surface area contributed by atoms with Crippen molar-refractivity contribution in [3.63, 3.8) is 0 Å². The third-order valence-electron chi connectivity index (χ3n) is 4.12. The van der Waals surface area contributed by atoms with Crippen LogP contribution in [0.1, 0.15) is 46.5 Å². The average molecular weight is 290 g/mol. The molecule has 1 heterocycles. The zero-order valence-corrected chi connectivity index (χ0v) is 13.5. The lowest BCUT2D eigenvalue weighted by Gasteiger charge is -2.34. The molecule has 0 amide bonds. The number of nitrogens with zero attached hydrogens (tertiary/aromatic N) is 1. The summed E-state index contributed by atoms with van der Waals surface area (Å²) in [6.45, 7) is 9.87. The minimum absolute atomic E-state index is 0.307. The molecule has 0 bridgehead atoms. The Morgan fingerprint density at radius 1 is 1.16 bits per heavy atom. The molecule has 0 aromatic carbocycles. The minimum atomic E-state index is -3.03. The molecule has 1 aliphatic rings. The Hall–Kier alpha value is -0.130. The van der Waals surface area contributed by atoms with Gasteiger partial charge in [-0.1, -0.05) is 20.8 Å². The van der Waals surface area contributed by atoms with Gasteiger partial charge in [-0.05, 0) is 50.6 Å². The Morgan fingerprint density at radius 3 is 2.53 bits per heavy atom. The molecule has 0 aromatic rings. The van der Waals surface area contributed by atoms with Gasteiger partial charge in [0.1, 0.15) is 0 Å². The predicted molar refractivity (Wildman–Crippen MR) is 80.7 cm³/mol. The Morgan fingerprint density at radius 2 is 1.89 bits per heavy atom. The van der Waals surface area contributed by atoms with Crippen LogP contribution < -0.4 is 5.32 Å². The zero-order valence-electron chi connectivity index (χ0n) is 12.7. The van der Waals surface area contributed by atoms with Gasteiger partial charge in [-0.25, -0.2) is 12.7 Å². The van der Waals surface area contributed by atoms with Crippen LogP contribution in [0.25, 0.3) is 0 Å². The molecule has 2 atom stereocenters. The van der Waals surface area contributed by atoms with E-state index < -0.39 is 10.0 Å². The number of piperidine rings is 1. The van der Waals surface area contributed by atoms with Gasteiger partial charge >= 0.3 is 0 Å². The molecule has 0 aliphatic carbocycles. The maximum absolute atomic E-state index is 12.2. The van der Waals surface area contributed by atoms with E-state index in [4.69, 9.17) is 0 Å². The molecule has 19 heavy (non-hydrogen) atoms. The van der Waals surface area contributed by atoms with Crippen molar-refractivity contribution < 1.29 is 8.42 Å². The quantitative estimate of drug-likeness (QED) is 0.696. The van der Waals surface area contributed by atoms with Gasteiger partial charge in [-0.15, -0.1) is 0 Å². The summed E-state index contributed by atoms with van der Waals surface area (Å²) in [7, 11) is -3.03. The molecule has 0 aromatic heterocycles. The lowest BCUT2D eigenvalue weighted by atomic mass is 9.90. The summed E-state index contributed by atoms with van der Waals surface area (Å²) < 4.78 is 26.2. The summed E-state index contributed by atoms with van der Waals surface area (Å²) in [5.74, 6) is 1.43. The number of hydrogen-bond donors (Lipinski definition) is 1. The third kappa shape index (κ3) is 5.79. The summed E-state index contributed by atoms with van der Waals surface area (Å²) in [4.78, 5) is 0. The number of sulfonamides is 1. The van der Waals surface area contributed by atoms with Crippen LogP contribution in [0.2, 0.25) is 0 Å². The van der Waals surface area contributed by atoms with Crippen LogP contribution in [0.3, 0.4) is 0 Å². The molecule has 0 saturated carbocycles. The Bertz CT molecular complexity index is 343. The largest absolute Gasteiger partial charge is 0.317 e. The Kier molecular flexibility index (Phi) is 7.32. The molecule has 1 saturated heterocycles.